The number of pyridine rings is 1. The maximum Gasteiger partial charge on any atom is 0.433 e. The molecule has 3 aromatic heterocycles. The van der Waals surface area contributed by atoms with Gasteiger partial charge in [-0.2, -0.15) is 18.3 Å². The Morgan fingerprint density at radius 2 is 1.60 bits per heavy atom. The summed E-state index contributed by atoms with van der Waals surface area (Å²) in [5.74, 6) is -1.02. The summed E-state index contributed by atoms with van der Waals surface area (Å²) in [6.07, 6.45) is -3.20. The summed E-state index contributed by atoms with van der Waals surface area (Å²) in [4.78, 5) is 29.3. The summed E-state index contributed by atoms with van der Waals surface area (Å²) in [5.41, 5.74) is 8.03. The lowest BCUT2D eigenvalue weighted by Crippen LogP contribution is -2.18. The molecule has 45 heavy (non-hydrogen) atoms. The number of hydrogen-bond acceptors (Lipinski definition) is 6. The lowest BCUT2D eigenvalue weighted by molar-refractivity contribution is -0.140. The summed E-state index contributed by atoms with van der Waals surface area (Å²) >= 11 is 0.676. The molecule has 226 valence electrons. The highest BCUT2D eigenvalue weighted by molar-refractivity contribution is 7.21. The second-order valence-electron chi connectivity index (χ2n) is 10.1. The Kier molecular flexibility index (Phi) is 7.81. The first-order valence-electron chi connectivity index (χ1n) is 13.6. The van der Waals surface area contributed by atoms with Crippen molar-refractivity contribution in [3.63, 3.8) is 0 Å². The van der Waals surface area contributed by atoms with Crippen molar-refractivity contribution >= 4 is 39.1 Å². The largest absolute Gasteiger partial charge is 0.471 e. The molecular weight excluding hydrogens is 603 g/mol. The van der Waals surface area contributed by atoms with E-state index in [-0.39, 0.29) is 38.8 Å². The maximum atomic E-state index is 13.8. The zero-order chi connectivity index (χ0) is 31.7. The molecule has 0 saturated heterocycles. The van der Waals surface area contributed by atoms with Crippen molar-refractivity contribution in [2.24, 2.45) is 5.73 Å². The van der Waals surface area contributed by atoms with Crippen molar-refractivity contribution in [1.29, 1.82) is 0 Å². The van der Waals surface area contributed by atoms with Gasteiger partial charge in [0.1, 0.15) is 21.2 Å². The molecule has 2 amide bonds. The van der Waals surface area contributed by atoms with Gasteiger partial charge in [0.15, 0.2) is 12.4 Å². The molecule has 3 heterocycles. The van der Waals surface area contributed by atoms with Crippen LogP contribution < -0.4 is 15.8 Å². The van der Waals surface area contributed by atoms with Crippen LogP contribution in [-0.2, 0) is 12.9 Å². The average Bonchev–Trinajstić information content (AvgIpc) is 3.66. The fraction of sp³-hybridized carbons (Fsp3) is 0.0909. The number of nitrogens with two attached hydrogens (primary N) is 1. The third kappa shape index (κ3) is 6.27. The fourth-order valence-corrected chi connectivity index (χ4v) is 5.75. The molecule has 0 aliphatic carbocycles. The molecule has 0 saturated carbocycles. The number of ether oxygens (including phenoxy) is 1. The lowest BCUT2D eigenvalue weighted by atomic mass is 10.00. The van der Waals surface area contributed by atoms with Crippen LogP contribution in [0.4, 0.5) is 18.9 Å². The van der Waals surface area contributed by atoms with Crippen LogP contribution in [0.25, 0.3) is 32.5 Å². The van der Waals surface area contributed by atoms with E-state index in [9.17, 15) is 22.8 Å². The molecule has 0 atom stereocenters. The van der Waals surface area contributed by atoms with E-state index in [0.717, 1.165) is 22.8 Å². The summed E-state index contributed by atoms with van der Waals surface area (Å²) in [6, 6.07) is 26.6. The number of benzene rings is 3. The Balaban J connectivity index is 1.27. The number of nitrogens with one attached hydrogen (secondary N) is 1. The van der Waals surface area contributed by atoms with Gasteiger partial charge in [-0.1, -0.05) is 72.3 Å². The van der Waals surface area contributed by atoms with Crippen molar-refractivity contribution in [2.75, 3.05) is 5.32 Å². The SMILES string of the molecule is Cc1ccc(-c2cc(C(F)(F)F)nc3sc(C(N)=O)c(NC(=O)c4ccn(COc5ccc(-c6ccccc6)cc5)n4)c23)cc1. The number of anilines is 1. The van der Waals surface area contributed by atoms with Gasteiger partial charge in [0.05, 0.1) is 5.69 Å². The fourth-order valence-electron chi connectivity index (χ4n) is 4.74. The minimum atomic E-state index is -4.74. The van der Waals surface area contributed by atoms with Gasteiger partial charge in [0.2, 0.25) is 0 Å². The van der Waals surface area contributed by atoms with E-state index in [0.29, 0.717) is 22.6 Å². The lowest BCUT2D eigenvalue weighted by Gasteiger charge is -2.12. The molecule has 0 unspecified atom stereocenters. The summed E-state index contributed by atoms with van der Waals surface area (Å²) in [5, 5.41) is 7.08. The van der Waals surface area contributed by atoms with E-state index in [2.05, 4.69) is 15.4 Å². The predicted octanol–water partition coefficient (Wildman–Crippen LogP) is 7.54. The van der Waals surface area contributed by atoms with Crippen molar-refractivity contribution in [3.8, 4) is 28.0 Å². The number of halogens is 3. The number of carbonyl (C=O) groups excluding carboxylic acids is 2. The molecule has 12 heteroatoms. The maximum absolute atomic E-state index is 13.8. The van der Waals surface area contributed by atoms with Crippen molar-refractivity contribution in [1.82, 2.24) is 14.8 Å². The smallest absolute Gasteiger partial charge is 0.433 e. The van der Waals surface area contributed by atoms with E-state index in [1.54, 1.807) is 30.5 Å². The van der Waals surface area contributed by atoms with Gasteiger partial charge in [-0.25, -0.2) is 9.67 Å². The van der Waals surface area contributed by atoms with Crippen LogP contribution in [0, 0.1) is 6.92 Å². The molecule has 0 bridgehead atoms. The zero-order valence-corrected chi connectivity index (χ0v) is 24.4. The van der Waals surface area contributed by atoms with Gasteiger partial charge in [0.25, 0.3) is 11.8 Å². The number of primary amides is 1. The Morgan fingerprint density at radius 1 is 0.933 bits per heavy atom. The first-order chi connectivity index (χ1) is 21.6. The molecule has 0 aliphatic heterocycles. The first kappa shape index (κ1) is 29.6. The number of aromatic nitrogens is 3. The Labute approximate surface area is 258 Å². The monoisotopic (exact) mass is 627 g/mol. The number of rotatable bonds is 8. The highest BCUT2D eigenvalue weighted by Gasteiger charge is 2.35. The standard InChI is InChI=1S/C33H24F3N5O3S/c1-19-7-9-22(10-8-19)24-17-26(33(34,35)36)38-32-27(24)28(29(45-32)30(37)42)39-31(43)25-15-16-41(40-25)18-44-23-13-11-21(12-14-23)20-5-3-2-4-6-20/h2-17H,18H2,1H3,(H2,37,42)(H,39,43). The molecule has 6 rings (SSSR count). The van der Waals surface area contributed by atoms with E-state index >= 15 is 0 Å². The molecule has 0 fully saturated rings. The van der Waals surface area contributed by atoms with E-state index in [1.807, 2.05) is 61.5 Å². The molecule has 0 aliphatic rings. The van der Waals surface area contributed by atoms with Gasteiger partial charge in [0, 0.05) is 11.6 Å². The number of carbonyl (C=O) groups is 2. The van der Waals surface area contributed by atoms with Gasteiger partial charge < -0.3 is 15.8 Å². The number of fused-ring (bicyclic) bond motifs is 1. The minimum Gasteiger partial charge on any atom is -0.471 e. The van der Waals surface area contributed by atoms with Gasteiger partial charge in [-0.05, 0) is 53.4 Å². The van der Waals surface area contributed by atoms with Crippen LogP contribution in [0.5, 0.6) is 5.75 Å². The Hall–Kier alpha value is -5.49. The van der Waals surface area contributed by atoms with Crippen molar-refractivity contribution < 1.29 is 27.5 Å². The topological polar surface area (TPSA) is 112 Å². The summed E-state index contributed by atoms with van der Waals surface area (Å²) < 4.78 is 48.6. The number of amides is 2. The quantitative estimate of drug-likeness (QED) is 0.181. The van der Waals surface area contributed by atoms with Gasteiger partial charge in [-0.3, -0.25) is 9.59 Å². The molecule has 3 N–H and O–H groups in total. The third-order valence-electron chi connectivity index (χ3n) is 6.98. The highest BCUT2D eigenvalue weighted by Crippen LogP contribution is 2.43. The molecule has 8 nitrogen and oxygen atoms in total. The molecule has 0 spiro atoms. The number of thiophene rings is 1. The number of aryl methyl sites for hydroxylation is 1. The molecule has 0 radical (unpaired) electrons. The molecule has 3 aromatic carbocycles. The molecular formula is C33H24F3N5O3S. The first-order valence-corrected chi connectivity index (χ1v) is 14.4. The number of hydrogen-bond donors (Lipinski definition) is 2. The van der Waals surface area contributed by atoms with Crippen LogP contribution in [0.1, 0.15) is 31.4 Å². The number of alkyl halides is 3. The molecule has 6 aromatic rings. The Bertz CT molecular complexity index is 2020. The minimum absolute atomic E-state index is 0.00753. The number of nitrogens with zero attached hydrogens (tertiary/aromatic N) is 3. The van der Waals surface area contributed by atoms with Crippen LogP contribution >= 0.6 is 11.3 Å². The van der Waals surface area contributed by atoms with Crippen LogP contribution in [-0.4, -0.2) is 26.6 Å². The van der Waals surface area contributed by atoms with Crippen LogP contribution in [0.3, 0.4) is 0 Å². The highest BCUT2D eigenvalue weighted by atomic mass is 32.1. The van der Waals surface area contributed by atoms with Gasteiger partial charge in [-0.15, -0.1) is 11.3 Å². The van der Waals surface area contributed by atoms with E-state index in [1.165, 1.54) is 10.7 Å². The van der Waals surface area contributed by atoms with Crippen LogP contribution in [0.15, 0.2) is 97.2 Å². The van der Waals surface area contributed by atoms with Crippen LogP contribution in [0.2, 0.25) is 0 Å². The Morgan fingerprint density at radius 3 is 2.27 bits per heavy atom. The summed E-state index contributed by atoms with van der Waals surface area (Å²) in [7, 11) is 0. The normalized spacial score (nSPS) is 11.5. The van der Waals surface area contributed by atoms with E-state index < -0.39 is 23.7 Å². The second kappa shape index (κ2) is 11.9. The van der Waals surface area contributed by atoms with Crippen molar-refractivity contribution in [3.05, 3.63) is 119 Å². The average molecular weight is 628 g/mol. The van der Waals surface area contributed by atoms with Gasteiger partial charge >= 0.3 is 6.18 Å². The zero-order valence-electron chi connectivity index (χ0n) is 23.6. The second-order valence-corrected chi connectivity index (χ2v) is 11.1. The third-order valence-corrected chi connectivity index (χ3v) is 8.07. The van der Waals surface area contributed by atoms with E-state index in [4.69, 9.17) is 10.5 Å². The predicted molar refractivity (Wildman–Crippen MR) is 166 cm³/mol. The van der Waals surface area contributed by atoms with Crippen molar-refractivity contribution in [2.45, 2.75) is 19.8 Å². The summed E-state index contributed by atoms with van der Waals surface area (Å²) in [6.45, 7) is 1.86.